The predicted octanol–water partition coefficient (Wildman–Crippen LogP) is 2.39. The number of aryl methyl sites for hydroxylation is 1. The summed E-state index contributed by atoms with van der Waals surface area (Å²) in [6.07, 6.45) is 5.51. The lowest BCUT2D eigenvalue weighted by molar-refractivity contribution is 0.130. The number of aromatic nitrogens is 5. The highest BCUT2D eigenvalue weighted by molar-refractivity contribution is 5.05. The highest BCUT2D eigenvalue weighted by atomic mass is 15.3. The van der Waals surface area contributed by atoms with Crippen molar-refractivity contribution in [1.29, 1.82) is 0 Å². The summed E-state index contributed by atoms with van der Waals surface area (Å²) in [5, 5.41) is 11.8. The van der Waals surface area contributed by atoms with E-state index in [0.29, 0.717) is 12.0 Å². The van der Waals surface area contributed by atoms with Crippen LogP contribution >= 0.6 is 0 Å². The van der Waals surface area contributed by atoms with E-state index in [9.17, 15) is 0 Å². The van der Waals surface area contributed by atoms with E-state index < -0.39 is 0 Å². The lowest BCUT2D eigenvalue weighted by atomic mass is 10.0. The fourth-order valence-electron chi connectivity index (χ4n) is 2.95. The van der Waals surface area contributed by atoms with Gasteiger partial charge in [0.15, 0.2) is 5.82 Å². The summed E-state index contributed by atoms with van der Waals surface area (Å²) >= 11 is 0. The predicted molar refractivity (Wildman–Crippen MR) is 80.7 cm³/mol. The standard InChI is InChI=1S/C15H24N6/c1-11(2)14-17-15(19-18-14)13-6-4-5-9-21(13)10-12-7-8-16-20(12)3/h7-8,11,13H,4-6,9-10H2,1-3H3,(H,17,18,19). The highest BCUT2D eigenvalue weighted by Crippen LogP contribution is 2.30. The van der Waals surface area contributed by atoms with Gasteiger partial charge < -0.3 is 0 Å². The van der Waals surface area contributed by atoms with Crippen LogP contribution in [0.2, 0.25) is 0 Å². The number of likely N-dealkylation sites (tertiary alicyclic amines) is 1. The molecule has 1 N–H and O–H groups in total. The minimum atomic E-state index is 0.341. The molecule has 1 unspecified atom stereocenters. The van der Waals surface area contributed by atoms with Crippen LogP contribution in [-0.4, -0.2) is 36.4 Å². The Morgan fingerprint density at radius 1 is 1.38 bits per heavy atom. The SMILES string of the molecule is CC(C)c1n[nH]c(C2CCCCN2Cc2ccnn2C)n1. The molecular weight excluding hydrogens is 264 g/mol. The molecule has 3 rings (SSSR count). The zero-order valence-electron chi connectivity index (χ0n) is 13.1. The van der Waals surface area contributed by atoms with E-state index in [4.69, 9.17) is 4.98 Å². The van der Waals surface area contributed by atoms with E-state index in [1.54, 1.807) is 0 Å². The average Bonchev–Trinajstić information content (AvgIpc) is 3.10. The second-order valence-electron chi connectivity index (χ2n) is 6.16. The van der Waals surface area contributed by atoms with Crippen LogP contribution < -0.4 is 0 Å². The molecule has 2 aromatic heterocycles. The van der Waals surface area contributed by atoms with Crippen molar-refractivity contribution in [2.24, 2.45) is 7.05 Å². The van der Waals surface area contributed by atoms with Crippen molar-refractivity contribution < 1.29 is 0 Å². The first-order valence-electron chi connectivity index (χ1n) is 7.78. The van der Waals surface area contributed by atoms with E-state index in [1.807, 2.05) is 17.9 Å². The molecule has 6 nitrogen and oxygen atoms in total. The van der Waals surface area contributed by atoms with Crippen LogP contribution in [0.4, 0.5) is 0 Å². The summed E-state index contributed by atoms with van der Waals surface area (Å²) in [5.74, 6) is 2.29. The van der Waals surface area contributed by atoms with Crippen molar-refractivity contribution >= 4 is 0 Å². The molecule has 0 aromatic carbocycles. The Hall–Kier alpha value is -1.69. The van der Waals surface area contributed by atoms with Crippen LogP contribution in [0.25, 0.3) is 0 Å². The minimum absolute atomic E-state index is 0.341. The van der Waals surface area contributed by atoms with Gasteiger partial charge in [0.05, 0.1) is 11.7 Å². The van der Waals surface area contributed by atoms with E-state index in [2.05, 4.69) is 40.1 Å². The maximum Gasteiger partial charge on any atom is 0.153 e. The second kappa shape index (κ2) is 5.97. The van der Waals surface area contributed by atoms with Gasteiger partial charge in [-0.25, -0.2) is 4.98 Å². The van der Waals surface area contributed by atoms with E-state index >= 15 is 0 Å². The second-order valence-corrected chi connectivity index (χ2v) is 6.16. The van der Waals surface area contributed by atoms with Gasteiger partial charge in [0, 0.05) is 25.7 Å². The lowest BCUT2D eigenvalue weighted by Crippen LogP contribution is -2.34. The molecule has 0 aliphatic carbocycles. The van der Waals surface area contributed by atoms with Crippen molar-refractivity contribution in [2.45, 2.75) is 51.6 Å². The van der Waals surface area contributed by atoms with Gasteiger partial charge in [0.1, 0.15) is 5.82 Å². The Balaban J connectivity index is 1.79. The number of hydrogen-bond donors (Lipinski definition) is 1. The number of rotatable bonds is 4. The number of piperidine rings is 1. The molecular formula is C15H24N6. The molecule has 0 bridgehead atoms. The molecule has 2 aromatic rings. The highest BCUT2D eigenvalue weighted by Gasteiger charge is 2.27. The van der Waals surface area contributed by atoms with Crippen molar-refractivity contribution in [2.75, 3.05) is 6.54 Å². The van der Waals surface area contributed by atoms with Crippen LogP contribution in [-0.2, 0) is 13.6 Å². The maximum atomic E-state index is 4.70. The third-order valence-corrected chi connectivity index (χ3v) is 4.25. The maximum absolute atomic E-state index is 4.70. The molecule has 114 valence electrons. The van der Waals surface area contributed by atoms with Crippen LogP contribution in [0.15, 0.2) is 12.3 Å². The smallest absolute Gasteiger partial charge is 0.153 e. The van der Waals surface area contributed by atoms with Gasteiger partial charge >= 0.3 is 0 Å². The van der Waals surface area contributed by atoms with Gasteiger partial charge in [0.2, 0.25) is 0 Å². The van der Waals surface area contributed by atoms with Crippen molar-refractivity contribution in [3.8, 4) is 0 Å². The monoisotopic (exact) mass is 288 g/mol. The fourth-order valence-corrected chi connectivity index (χ4v) is 2.95. The van der Waals surface area contributed by atoms with Crippen molar-refractivity contribution in [1.82, 2.24) is 29.9 Å². The summed E-state index contributed by atoms with van der Waals surface area (Å²) in [4.78, 5) is 7.20. The Labute approximate surface area is 125 Å². The van der Waals surface area contributed by atoms with Gasteiger partial charge in [-0.2, -0.15) is 10.2 Å². The number of H-pyrrole nitrogens is 1. The summed E-state index contributed by atoms with van der Waals surface area (Å²) in [5.41, 5.74) is 1.24. The van der Waals surface area contributed by atoms with Crippen LogP contribution in [0.3, 0.4) is 0 Å². The van der Waals surface area contributed by atoms with Gasteiger partial charge in [0.25, 0.3) is 0 Å². The van der Waals surface area contributed by atoms with E-state index in [-0.39, 0.29) is 0 Å². The normalized spacial score (nSPS) is 20.3. The molecule has 0 radical (unpaired) electrons. The van der Waals surface area contributed by atoms with Crippen molar-refractivity contribution in [3.63, 3.8) is 0 Å². The first kappa shape index (κ1) is 14.3. The first-order chi connectivity index (χ1) is 10.1. The van der Waals surface area contributed by atoms with Crippen molar-refractivity contribution in [3.05, 3.63) is 29.6 Å². The zero-order valence-corrected chi connectivity index (χ0v) is 13.1. The fraction of sp³-hybridized carbons (Fsp3) is 0.667. The number of nitrogens with one attached hydrogen (secondary N) is 1. The molecule has 1 aliphatic heterocycles. The van der Waals surface area contributed by atoms with Crippen LogP contribution in [0.5, 0.6) is 0 Å². The van der Waals surface area contributed by atoms with E-state index in [1.165, 1.54) is 18.5 Å². The summed E-state index contributed by atoms with van der Waals surface area (Å²) in [7, 11) is 2.00. The molecule has 3 heterocycles. The summed E-state index contributed by atoms with van der Waals surface area (Å²) in [6, 6.07) is 2.43. The third-order valence-electron chi connectivity index (χ3n) is 4.25. The quantitative estimate of drug-likeness (QED) is 0.938. The van der Waals surface area contributed by atoms with E-state index in [0.717, 1.165) is 31.2 Å². The number of hydrogen-bond acceptors (Lipinski definition) is 4. The lowest BCUT2D eigenvalue weighted by Gasteiger charge is -2.34. The van der Waals surface area contributed by atoms with Gasteiger partial charge in [-0.15, -0.1) is 0 Å². The number of aromatic amines is 1. The summed E-state index contributed by atoms with van der Waals surface area (Å²) in [6.45, 7) is 6.27. The van der Waals surface area contributed by atoms with Crippen LogP contribution in [0.1, 0.15) is 62.4 Å². The average molecular weight is 288 g/mol. The zero-order chi connectivity index (χ0) is 14.8. The van der Waals surface area contributed by atoms with Crippen LogP contribution in [0, 0.1) is 0 Å². The van der Waals surface area contributed by atoms with Gasteiger partial charge in [-0.3, -0.25) is 14.7 Å². The Morgan fingerprint density at radius 2 is 2.24 bits per heavy atom. The molecule has 1 aliphatic rings. The molecule has 0 spiro atoms. The molecule has 1 saturated heterocycles. The Morgan fingerprint density at radius 3 is 2.90 bits per heavy atom. The summed E-state index contributed by atoms with van der Waals surface area (Å²) < 4.78 is 1.95. The minimum Gasteiger partial charge on any atom is -0.288 e. The molecule has 6 heteroatoms. The molecule has 21 heavy (non-hydrogen) atoms. The molecule has 0 amide bonds. The molecule has 1 fully saturated rings. The van der Waals surface area contributed by atoms with Gasteiger partial charge in [-0.1, -0.05) is 20.3 Å². The molecule has 0 saturated carbocycles. The Kier molecular flexibility index (Phi) is 4.05. The molecule has 1 atom stereocenters. The largest absolute Gasteiger partial charge is 0.288 e. The topological polar surface area (TPSA) is 62.6 Å². The van der Waals surface area contributed by atoms with Gasteiger partial charge in [-0.05, 0) is 25.5 Å². The Bertz CT molecular complexity index is 585. The first-order valence-corrected chi connectivity index (χ1v) is 7.78. The third kappa shape index (κ3) is 3.00. The number of nitrogens with zero attached hydrogens (tertiary/aromatic N) is 5.